The molecule has 5 aromatic rings. The highest BCUT2D eigenvalue weighted by molar-refractivity contribution is 5.78. The van der Waals surface area contributed by atoms with Crippen LogP contribution in [0.4, 0.5) is 4.39 Å². The molecule has 0 unspecified atom stereocenters. The molecule has 9 heteroatoms. The molecule has 0 amide bonds. The van der Waals surface area contributed by atoms with E-state index < -0.39 is 5.82 Å². The van der Waals surface area contributed by atoms with E-state index in [4.69, 9.17) is 0 Å². The molecule has 1 N–H and O–H groups in total. The molecule has 8 nitrogen and oxygen atoms in total. The second-order valence-electron chi connectivity index (χ2n) is 7.91. The van der Waals surface area contributed by atoms with Crippen molar-refractivity contribution in [2.24, 2.45) is 0 Å². The fourth-order valence-electron chi connectivity index (χ4n) is 4.02. The average Bonchev–Trinajstić information content (AvgIpc) is 3.50. The van der Waals surface area contributed by atoms with Gasteiger partial charge in [-0.25, -0.2) is 14.3 Å². The predicted molar refractivity (Wildman–Crippen MR) is 126 cm³/mol. The molecule has 0 aliphatic carbocycles. The van der Waals surface area contributed by atoms with Crippen LogP contribution in [0.15, 0.2) is 77.9 Å². The predicted octanol–water partition coefficient (Wildman–Crippen LogP) is 4.02. The average molecular weight is 455 g/mol. The minimum atomic E-state index is -0.434. The fourth-order valence-corrected chi connectivity index (χ4v) is 4.02. The van der Waals surface area contributed by atoms with Crippen LogP contribution in [0.2, 0.25) is 0 Å². The standard InChI is InChI=1S/C25H22FN7O/c1-2-7-18-16-33(23-11-6-5-10-21(23)26)25(34)32(18)15-17-12-13-22(27-14-17)19-8-3-4-9-20(19)24-28-30-31-29-24/h3-6,8-14,16H,2,7,15H2,1H3,(H,28,29,30,31). The zero-order chi connectivity index (χ0) is 23.5. The summed E-state index contributed by atoms with van der Waals surface area (Å²) in [4.78, 5) is 17.8. The van der Waals surface area contributed by atoms with E-state index in [1.165, 1.54) is 10.6 Å². The minimum absolute atomic E-state index is 0.246. The molecule has 3 heterocycles. The first kappa shape index (κ1) is 21.4. The van der Waals surface area contributed by atoms with E-state index in [0.717, 1.165) is 34.5 Å². The zero-order valence-corrected chi connectivity index (χ0v) is 18.5. The number of hydrogen-bond acceptors (Lipinski definition) is 5. The molecule has 3 aromatic heterocycles. The van der Waals surface area contributed by atoms with Crippen LogP contribution >= 0.6 is 0 Å². The Morgan fingerprint density at radius 3 is 2.50 bits per heavy atom. The Balaban J connectivity index is 1.48. The summed E-state index contributed by atoms with van der Waals surface area (Å²) < 4.78 is 17.4. The molecule has 0 atom stereocenters. The summed E-state index contributed by atoms with van der Waals surface area (Å²) >= 11 is 0. The van der Waals surface area contributed by atoms with Gasteiger partial charge in [-0.05, 0) is 40.6 Å². The fraction of sp³-hybridized carbons (Fsp3) is 0.160. The third kappa shape index (κ3) is 4.03. The molecule has 0 aliphatic heterocycles. The van der Waals surface area contributed by atoms with Crippen molar-refractivity contribution in [3.05, 3.63) is 101 Å². The summed E-state index contributed by atoms with van der Waals surface area (Å²) in [5.74, 6) is 0.128. The normalized spacial score (nSPS) is 11.1. The van der Waals surface area contributed by atoms with Crippen LogP contribution in [0.3, 0.4) is 0 Å². The number of halogens is 1. The molecule has 0 bridgehead atoms. The van der Waals surface area contributed by atoms with E-state index >= 15 is 0 Å². The Hall–Kier alpha value is -4.40. The number of aryl methyl sites for hydroxylation is 1. The summed E-state index contributed by atoms with van der Waals surface area (Å²) in [6.07, 6.45) is 5.06. The molecule has 170 valence electrons. The van der Waals surface area contributed by atoms with Crippen LogP contribution in [0, 0.1) is 5.82 Å². The molecule has 0 radical (unpaired) electrons. The lowest BCUT2D eigenvalue weighted by atomic mass is 10.0. The SMILES string of the molecule is CCCc1cn(-c2ccccc2F)c(=O)n1Cc1ccc(-c2ccccc2-c2nnn[nH]2)nc1. The molecule has 0 saturated heterocycles. The van der Waals surface area contributed by atoms with Crippen molar-refractivity contribution in [3.63, 3.8) is 0 Å². The van der Waals surface area contributed by atoms with Gasteiger partial charge in [-0.1, -0.05) is 55.8 Å². The lowest BCUT2D eigenvalue weighted by Crippen LogP contribution is -2.25. The number of tetrazole rings is 1. The number of nitrogens with zero attached hydrogens (tertiary/aromatic N) is 6. The number of nitrogens with one attached hydrogen (secondary N) is 1. The first-order chi connectivity index (χ1) is 16.7. The van der Waals surface area contributed by atoms with Crippen molar-refractivity contribution in [1.29, 1.82) is 0 Å². The number of H-pyrrole nitrogens is 1. The van der Waals surface area contributed by atoms with Crippen molar-refractivity contribution < 1.29 is 4.39 Å². The third-order valence-electron chi connectivity index (χ3n) is 5.65. The molecule has 0 aliphatic rings. The number of pyridine rings is 1. The summed E-state index contributed by atoms with van der Waals surface area (Å²) in [6, 6.07) is 17.9. The number of aromatic nitrogens is 7. The Bertz CT molecular complexity index is 1470. The van der Waals surface area contributed by atoms with Crippen molar-refractivity contribution in [3.8, 4) is 28.3 Å². The Morgan fingerprint density at radius 2 is 1.79 bits per heavy atom. The quantitative estimate of drug-likeness (QED) is 0.400. The molecule has 34 heavy (non-hydrogen) atoms. The number of para-hydroxylation sites is 1. The van der Waals surface area contributed by atoms with Gasteiger partial charge in [0.25, 0.3) is 0 Å². The first-order valence-corrected chi connectivity index (χ1v) is 11.0. The summed E-state index contributed by atoms with van der Waals surface area (Å²) in [5, 5.41) is 14.1. The molecule has 5 rings (SSSR count). The largest absolute Gasteiger partial charge is 0.333 e. The zero-order valence-electron chi connectivity index (χ0n) is 18.5. The van der Waals surface area contributed by atoms with E-state index in [0.29, 0.717) is 18.8 Å². The first-order valence-electron chi connectivity index (χ1n) is 11.0. The van der Waals surface area contributed by atoms with E-state index in [2.05, 4.69) is 25.6 Å². The molecular formula is C25H22FN7O. The molecule has 0 spiro atoms. The minimum Gasteiger partial charge on any atom is -0.292 e. The maximum absolute atomic E-state index is 14.4. The van der Waals surface area contributed by atoms with Crippen LogP contribution in [0.1, 0.15) is 24.6 Å². The number of rotatable bonds is 7. The van der Waals surface area contributed by atoms with Gasteiger partial charge in [0.15, 0.2) is 5.82 Å². The molecule has 2 aromatic carbocycles. The van der Waals surface area contributed by atoms with Gasteiger partial charge in [0.05, 0.1) is 17.9 Å². The highest BCUT2D eigenvalue weighted by Crippen LogP contribution is 2.28. The van der Waals surface area contributed by atoms with Gasteiger partial charge in [-0.2, -0.15) is 0 Å². The smallest absolute Gasteiger partial charge is 0.292 e. The number of aromatic amines is 1. The van der Waals surface area contributed by atoms with Gasteiger partial charge in [0, 0.05) is 29.2 Å². The monoisotopic (exact) mass is 455 g/mol. The van der Waals surface area contributed by atoms with Gasteiger partial charge >= 0.3 is 5.69 Å². The van der Waals surface area contributed by atoms with Crippen LogP contribution in [0.5, 0.6) is 0 Å². The van der Waals surface area contributed by atoms with E-state index in [9.17, 15) is 9.18 Å². The van der Waals surface area contributed by atoms with E-state index in [1.807, 2.05) is 43.3 Å². The van der Waals surface area contributed by atoms with Crippen molar-refractivity contribution in [2.75, 3.05) is 0 Å². The maximum atomic E-state index is 14.4. The van der Waals surface area contributed by atoms with Crippen molar-refractivity contribution in [1.82, 2.24) is 34.7 Å². The topological polar surface area (TPSA) is 94.3 Å². The number of imidazole rings is 1. The van der Waals surface area contributed by atoms with Gasteiger partial charge in [-0.3, -0.25) is 14.1 Å². The lowest BCUT2D eigenvalue weighted by molar-refractivity contribution is 0.613. The van der Waals surface area contributed by atoms with Gasteiger partial charge in [0.2, 0.25) is 0 Å². The van der Waals surface area contributed by atoms with Crippen LogP contribution in [0.25, 0.3) is 28.3 Å². The number of hydrogen-bond donors (Lipinski definition) is 1. The van der Waals surface area contributed by atoms with Crippen molar-refractivity contribution >= 4 is 0 Å². The second kappa shape index (κ2) is 9.22. The van der Waals surface area contributed by atoms with Gasteiger partial charge < -0.3 is 0 Å². The highest BCUT2D eigenvalue weighted by Gasteiger charge is 2.16. The third-order valence-corrected chi connectivity index (χ3v) is 5.65. The molecule has 0 fully saturated rings. The van der Waals surface area contributed by atoms with Crippen LogP contribution < -0.4 is 5.69 Å². The Labute approximate surface area is 194 Å². The van der Waals surface area contributed by atoms with E-state index in [-0.39, 0.29) is 11.4 Å². The van der Waals surface area contributed by atoms with E-state index in [1.54, 1.807) is 35.2 Å². The van der Waals surface area contributed by atoms with Crippen LogP contribution in [-0.2, 0) is 13.0 Å². The van der Waals surface area contributed by atoms with Gasteiger partial charge in [0.1, 0.15) is 5.82 Å². The summed E-state index contributed by atoms with van der Waals surface area (Å²) in [6.45, 7) is 2.39. The maximum Gasteiger partial charge on any atom is 0.333 e. The Morgan fingerprint density at radius 1 is 1.00 bits per heavy atom. The molecule has 0 saturated carbocycles. The highest BCUT2D eigenvalue weighted by atomic mass is 19.1. The second-order valence-corrected chi connectivity index (χ2v) is 7.91. The summed E-state index contributed by atoms with van der Waals surface area (Å²) in [7, 11) is 0. The van der Waals surface area contributed by atoms with Gasteiger partial charge in [-0.15, -0.1) is 5.10 Å². The molecular weight excluding hydrogens is 433 g/mol. The van der Waals surface area contributed by atoms with Crippen LogP contribution in [-0.4, -0.2) is 34.7 Å². The number of benzene rings is 2. The summed E-state index contributed by atoms with van der Waals surface area (Å²) in [5.41, 5.74) is 4.19. The van der Waals surface area contributed by atoms with Crippen molar-refractivity contribution in [2.45, 2.75) is 26.3 Å². The Kier molecular flexibility index (Phi) is 5.82. The lowest BCUT2D eigenvalue weighted by Gasteiger charge is -2.09.